The SMILES string of the molecule is CC(F)(F)c1ccccc1C1(N)CCCCC1. The molecule has 0 bridgehead atoms. The molecule has 0 atom stereocenters. The molecule has 0 aromatic heterocycles. The van der Waals surface area contributed by atoms with Gasteiger partial charge in [0.05, 0.1) is 0 Å². The average Bonchev–Trinajstić information content (AvgIpc) is 2.29. The quantitative estimate of drug-likeness (QED) is 0.831. The lowest BCUT2D eigenvalue weighted by molar-refractivity contribution is 0.0148. The Morgan fingerprint density at radius 1 is 1.12 bits per heavy atom. The van der Waals surface area contributed by atoms with Crippen LogP contribution in [0.2, 0.25) is 0 Å². The first kappa shape index (κ1) is 12.5. The summed E-state index contributed by atoms with van der Waals surface area (Å²) in [7, 11) is 0. The van der Waals surface area contributed by atoms with Gasteiger partial charge in [-0.15, -0.1) is 0 Å². The van der Waals surface area contributed by atoms with Crippen molar-refractivity contribution in [3.63, 3.8) is 0 Å². The molecular formula is C14H19F2N. The van der Waals surface area contributed by atoms with Crippen LogP contribution in [0.4, 0.5) is 8.78 Å². The average molecular weight is 239 g/mol. The summed E-state index contributed by atoms with van der Waals surface area (Å²) >= 11 is 0. The number of alkyl halides is 2. The van der Waals surface area contributed by atoms with Crippen molar-refractivity contribution in [3.8, 4) is 0 Å². The van der Waals surface area contributed by atoms with Crippen molar-refractivity contribution in [2.75, 3.05) is 0 Å². The Morgan fingerprint density at radius 2 is 1.71 bits per heavy atom. The van der Waals surface area contributed by atoms with E-state index < -0.39 is 11.5 Å². The third-order valence-corrected chi connectivity index (χ3v) is 3.68. The largest absolute Gasteiger partial charge is 0.321 e. The molecule has 1 saturated carbocycles. The van der Waals surface area contributed by atoms with Gasteiger partial charge in [-0.3, -0.25) is 0 Å². The monoisotopic (exact) mass is 239 g/mol. The second-order valence-electron chi connectivity index (χ2n) is 5.15. The molecule has 94 valence electrons. The molecule has 1 aliphatic carbocycles. The molecule has 0 saturated heterocycles. The van der Waals surface area contributed by atoms with Crippen molar-refractivity contribution in [3.05, 3.63) is 35.4 Å². The summed E-state index contributed by atoms with van der Waals surface area (Å²) < 4.78 is 27.2. The minimum atomic E-state index is -2.82. The van der Waals surface area contributed by atoms with Crippen LogP contribution in [-0.4, -0.2) is 0 Å². The zero-order valence-electron chi connectivity index (χ0n) is 10.2. The molecule has 1 fully saturated rings. The Balaban J connectivity index is 2.44. The van der Waals surface area contributed by atoms with Gasteiger partial charge in [-0.2, -0.15) is 0 Å². The molecule has 0 spiro atoms. The first-order valence-corrected chi connectivity index (χ1v) is 6.20. The van der Waals surface area contributed by atoms with Crippen LogP contribution in [-0.2, 0) is 11.5 Å². The highest BCUT2D eigenvalue weighted by atomic mass is 19.3. The Kier molecular flexibility index (Phi) is 3.21. The molecule has 0 heterocycles. The molecule has 0 unspecified atom stereocenters. The van der Waals surface area contributed by atoms with E-state index in [9.17, 15) is 8.78 Å². The van der Waals surface area contributed by atoms with Gasteiger partial charge in [-0.1, -0.05) is 43.5 Å². The second kappa shape index (κ2) is 4.37. The maximum atomic E-state index is 13.6. The second-order valence-corrected chi connectivity index (χ2v) is 5.15. The zero-order valence-corrected chi connectivity index (χ0v) is 10.2. The Bertz CT molecular complexity index is 389. The highest BCUT2D eigenvalue weighted by molar-refractivity contribution is 5.36. The first-order chi connectivity index (χ1) is 7.93. The van der Waals surface area contributed by atoms with Crippen LogP contribution < -0.4 is 5.73 Å². The molecule has 0 aliphatic heterocycles. The van der Waals surface area contributed by atoms with Crippen LogP contribution in [0, 0.1) is 0 Å². The fourth-order valence-corrected chi connectivity index (χ4v) is 2.75. The number of benzene rings is 1. The van der Waals surface area contributed by atoms with Crippen molar-refractivity contribution in [2.24, 2.45) is 5.73 Å². The maximum absolute atomic E-state index is 13.6. The van der Waals surface area contributed by atoms with Gasteiger partial charge in [0.1, 0.15) is 0 Å². The predicted molar refractivity (Wildman–Crippen MR) is 65.0 cm³/mol. The molecule has 1 aromatic carbocycles. The van der Waals surface area contributed by atoms with E-state index in [4.69, 9.17) is 5.73 Å². The molecule has 0 amide bonds. The number of nitrogens with two attached hydrogens (primary N) is 1. The molecule has 2 rings (SSSR count). The van der Waals surface area contributed by atoms with E-state index in [1.165, 1.54) is 6.07 Å². The molecule has 0 radical (unpaired) electrons. The Hall–Kier alpha value is -0.960. The van der Waals surface area contributed by atoms with E-state index in [-0.39, 0.29) is 5.56 Å². The normalized spacial score (nSPS) is 20.2. The van der Waals surface area contributed by atoms with Crippen molar-refractivity contribution in [1.82, 2.24) is 0 Å². The fraction of sp³-hybridized carbons (Fsp3) is 0.571. The van der Waals surface area contributed by atoms with Crippen molar-refractivity contribution < 1.29 is 8.78 Å². The highest BCUT2D eigenvalue weighted by Gasteiger charge is 2.36. The molecule has 1 aromatic rings. The van der Waals surface area contributed by atoms with Crippen molar-refractivity contribution in [1.29, 1.82) is 0 Å². The number of hydrogen-bond donors (Lipinski definition) is 1. The van der Waals surface area contributed by atoms with Crippen LogP contribution >= 0.6 is 0 Å². The molecule has 17 heavy (non-hydrogen) atoms. The highest BCUT2D eigenvalue weighted by Crippen LogP contribution is 2.40. The Labute approximate surface area is 101 Å². The summed E-state index contributed by atoms with van der Waals surface area (Å²) in [6.45, 7) is 0.942. The summed E-state index contributed by atoms with van der Waals surface area (Å²) in [5, 5.41) is 0. The van der Waals surface area contributed by atoms with Gasteiger partial charge in [-0.25, -0.2) is 8.78 Å². The Morgan fingerprint density at radius 3 is 2.29 bits per heavy atom. The molecule has 3 heteroatoms. The number of hydrogen-bond acceptors (Lipinski definition) is 1. The maximum Gasteiger partial charge on any atom is 0.270 e. The van der Waals surface area contributed by atoms with Crippen molar-refractivity contribution in [2.45, 2.75) is 50.5 Å². The lowest BCUT2D eigenvalue weighted by Gasteiger charge is -2.36. The third-order valence-electron chi connectivity index (χ3n) is 3.68. The lowest BCUT2D eigenvalue weighted by Crippen LogP contribution is -2.40. The zero-order chi connectivity index (χ0) is 12.5. The minimum Gasteiger partial charge on any atom is -0.321 e. The van der Waals surface area contributed by atoms with E-state index in [1.54, 1.807) is 18.2 Å². The first-order valence-electron chi connectivity index (χ1n) is 6.20. The topological polar surface area (TPSA) is 26.0 Å². The fourth-order valence-electron chi connectivity index (χ4n) is 2.75. The van der Waals surface area contributed by atoms with Crippen LogP contribution in [0.1, 0.15) is 50.2 Å². The van der Waals surface area contributed by atoms with Crippen LogP contribution in [0.25, 0.3) is 0 Å². The third kappa shape index (κ3) is 2.49. The molecule has 1 nitrogen and oxygen atoms in total. The predicted octanol–water partition coefficient (Wildman–Crippen LogP) is 3.92. The summed E-state index contributed by atoms with van der Waals surface area (Å²) in [5.74, 6) is -2.82. The standard InChI is InChI=1S/C14H19F2N/c1-13(15,16)11-7-3-4-8-12(11)14(17)9-5-2-6-10-14/h3-4,7-8H,2,5-6,9-10,17H2,1H3. The summed E-state index contributed by atoms with van der Waals surface area (Å²) in [6.07, 6.45) is 4.82. The van der Waals surface area contributed by atoms with Gasteiger partial charge in [0.15, 0.2) is 0 Å². The van der Waals surface area contributed by atoms with E-state index in [1.807, 2.05) is 0 Å². The van der Waals surface area contributed by atoms with Crippen LogP contribution in [0.3, 0.4) is 0 Å². The van der Waals surface area contributed by atoms with Crippen LogP contribution in [0.15, 0.2) is 24.3 Å². The smallest absolute Gasteiger partial charge is 0.270 e. The van der Waals surface area contributed by atoms with Gasteiger partial charge >= 0.3 is 0 Å². The van der Waals surface area contributed by atoms with E-state index in [0.717, 1.165) is 39.0 Å². The van der Waals surface area contributed by atoms with E-state index >= 15 is 0 Å². The molecule has 2 N–H and O–H groups in total. The van der Waals surface area contributed by atoms with Gasteiger partial charge in [0.2, 0.25) is 0 Å². The van der Waals surface area contributed by atoms with Gasteiger partial charge in [0.25, 0.3) is 5.92 Å². The van der Waals surface area contributed by atoms with Gasteiger partial charge < -0.3 is 5.73 Å². The number of halogens is 2. The van der Waals surface area contributed by atoms with Gasteiger partial charge in [-0.05, 0) is 18.4 Å². The summed E-state index contributed by atoms with van der Waals surface area (Å²) in [5.41, 5.74) is 6.50. The number of rotatable bonds is 2. The van der Waals surface area contributed by atoms with Crippen molar-refractivity contribution >= 4 is 0 Å². The molecule has 1 aliphatic rings. The van der Waals surface area contributed by atoms with Crippen LogP contribution in [0.5, 0.6) is 0 Å². The van der Waals surface area contributed by atoms with E-state index in [2.05, 4.69) is 0 Å². The summed E-state index contributed by atoms with van der Waals surface area (Å²) in [4.78, 5) is 0. The summed E-state index contributed by atoms with van der Waals surface area (Å²) in [6, 6.07) is 6.72. The minimum absolute atomic E-state index is 0.0874. The van der Waals surface area contributed by atoms with E-state index in [0.29, 0.717) is 5.56 Å². The lowest BCUT2D eigenvalue weighted by atomic mass is 9.75. The van der Waals surface area contributed by atoms with Gasteiger partial charge in [0, 0.05) is 18.0 Å². The molecular weight excluding hydrogens is 220 g/mol.